The molecule has 2 heterocycles. The Labute approximate surface area is 205 Å². The van der Waals surface area contributed by atoms with Crippen LogP contribution in [0.2, 0.25) is 0 Å². The van der Waals surface area contributed by atoms with E-state index in [9.17, 15) is 4.79 Å². The number of methoxy groups -OCH3 is 1. The topological polar surface area (TPSA) is 78.3 Å². The first-order valence-electron chi connectivity index (χ1n) is 11.7. The number of imidazole rings is 1. The quantitative estimate of drug-likeness (QED) is 0.242. The molecular weight excluding hydrogens is 440 g/mol. The summed E-state index contributed by atoms with van der Waals surface area (Å²) in [6.45, 7) is 5.55. The first kappa shape index (κ1) is 24.0. The van der Waals surface area contributed by atoms with E-state index in [-0.39, 0.29) is 5.91 Å². The zero-order chi connectivity index (χ0) is 24.5. The Morgan fingerprint density at radius 3 is 2.77 bits per heavy atom. The number of nitrogens with one attached hydrogen (secondary N) is 1. The number of ether oxygens (including phenoxy) is 2. The fourth-order valence-corrected chi connectivity index (χ4v) is 3.97. The van der Waals surface area contributed by atoms with Crippen LogP contribution in [0.1, 0.15) is 28.3 Å². The normalized spacial score (nSPS) is 10.8. The van der Waals surface area contributed by atoms with Crippen molar-refractivity contribution < 1.29 is 14.3 Å². The molecule has 1 amide bonds. The molecular formula is C28H30N4O3. The minimum atomic E-state index is -0.185. The molecule has 0 aliphatic carbocycles. The molecule has 2 aromatic carbocycles. The van der Waals surface area contributed by atoms with Crippen LogP contribution >= 0.6 is 0 Å². The lowest BCUT2D eigenvalue weighted by Crippen LogP contribution is -2.27. The molecule has 0 aliphatic heterocycles. The highest BCUT2D eigenvalue weighted by molar-refractivity contribution is 5.92. The molecule has 0 saturated carbocycles. The number of carbonyl (C=O) groups is 1. The highest BCUT2D eigenvalue weighted by Gasteiger charge is 2.12. The van der Waals surface area contributed by atoms with Crippen LogP contribution in [0.3, 0.4) is 0 Å². The monoisotopic (exact) mass is 470 g/mol. The van der Waals surface area contributed by atoms with E-state index in [0.717, 1.165) is 53.3 Å². The number of nitrogens with zero attached hydrogens (tertiary/aromatic N) is 3. The van der Waals surface area contributed by atoms with Gasteiger partial charge in [0, 0.05) is 25.7 Å². The number of amides is 1. The number of carbonyl (C=O) groups excluding carboxylic acids is 1. The van der Waals surface area contributed by atoms with Crippen molar-refractivity contribution in [1.82, 2.24) is 19.9 Å². The number of para-hydroxylation sites is 2. The number of pyridine rings is 1. The Morgan fingerprint density at radius 1 is 1.11 bits per heavy atom. The Hall–Kier alpha value is -4.13. The molecule has 0 bridgehead atoms. The summed E-state index contributed by atoms with van der Waals surface area (Å²) in [6.07, 6.45) is 5.68. The first-order valence-corrected chi connectivity index (χ1v) is 11.7. The second-order valence-corrected chi connectivity index (χ2v) is 8.07. The fraction of sp³-hybridized carbons (Fsp3) is 0.250. The smallest absolute Gasteiger partial charge is 0.269 e. The van der Waals surface area contributed by atoms with Gasteiger partial charge >= 0.3 is 0 Å². The molecule has 0 atom stereocenters. The molecule has 0 spiro atoms. The maximum atomic E-state index is 12.3. The molecule has 7 heteroatoms. The zero-order valence-corrected chi connectivity index (χ0v) is 19.9. The standard InChI is InChI=1S/C28H30N4O3/c1-3-9-21-13-14-25(26(20-21)34-2)35-19-8-18-32-24-12-5-4-10-22(24)31-27(32)15-17-30-28(33)23-11-6-7-16-29-23/h3-7,10-14,16,20H,1,8-9,15,17-19H2,2H3,(H,30,33). The van der Waals surface area contributed by atoms with Gasteiger partial charge in [-0.15, -0.1) is 6.58 Å². The molecule has 4 aromatic rings. The van der Waals surface area contributed by atoms with Crippen LogP contribution in [0.25, 0.3) is 11.0 Å². The second-order valence-electron chi connectivity index (χ2n) is 8.07. The van der Waals surface area contributed by atoms with Gasteiger partial charge in [0.05, 0.1) is 24.8 Å². The average Bonchev–Trinajstić information content (AvgIpc) is 3.25. The second kappa shape index (κ2) is 11.8. The summed E-state index contributed by atoms with van der Waals surface area (Å²) < 4.78 is 13.7. The summed E-state index contributed by atoms with van der Waals surface area (Å²) in [5.41, 5.74) is 3.56. The number of fused-ring (bicyclic) bond motifs is 1. The minimum absolute atomic E-state index is 0.185. The van der Waals surface area contributed by atoms with Crippen molar-refractivity contribution >= 4 is 16.9 Å². The van der Waals surface area contributed by atoms with Crippen LogP contribution in [0.15, 0.2) is 79.5 Å². The van der Waals surface area contributed by atoms with Crippen LogP contribution in [0, 0.1) is 0 Å². The Bertz CT molecular complexity index is 1280. The van der Waals surface area contributed by atoms with Gasteiger partial charge in [-0.3, -0.25) is 9.78 Å². The number of benzene rings is 2. The number of aryl methyl sites for hydroxylation is 1. The van der Waals surface area contributed by atoms with Gasteiger partial charge in [0.25, 0.3) is 5.91 Å². The van der Waals surface area contributed by atoms with Gasteiger partial charge in [-0.05, 0) is 54.8 Å². The van der Waals surface area contributed by atoms with Gasteiger partial charge in [0.1, 0.15) is 11.5 Å². The fourth-order valence-electron chi connectivity index (χ4n) is 3.97. The lowest BCUT2D eigenvalue weighted by atomic mass is 10.1. The predicted octanol–water partition coefficient (Wildman–Crippen LogP) is 4.61. The third-order valence-electron chi connectivity index (χ3n) is 5.66. The van der Waals surface area contributed by atoms with E-state index in [1.807, 2.05) is 42.5 Å². The molecule has 0 aliphatic rings. The van der Waals surface area contributed by atoms with Gasteiger partial charge in [-0.25, -0.2) is 4.98 Å². The maximum Gasteiger partial charge on any atom is 0.269 e. The van der Waals surface area contributed by atoms with Crippen molar-refractivity contribution in [2.75, 3.05) is 20.3 Å². The number of hydrogen-bond donors (Lipinski definition) is 1. The largest absolute Gasteiger partial charge is 0.493 e. The average molecular weight is 471 g/mol. The van der Waals surface area contributed by atoms with Gasteiger partial charge in [-0.1, -0.05) is 30.3 Å². The summed E-state index contributed by atoms with van der Waals surface area (Å²) in [4.78, 5) is 21.2. The SMILES string of the molecule is C=CCc1ccc(OCCCn2c(CCNC(=O)c3ccccn3)nc3ccccc32)c(OC)c1. The Morgan fingerprint density at radius 2 is 1.97 bits per heavy atom. The summed E-state index contributed by atoms with van der Waals surface area (Å²) in [5, 5.41) is 2.93. The van der Waals surface area contributed by atoms with Gasteiger partial charge in [0.2, 0.25) is 0 Å². The maximum absolute atomic E-state index is 12.3. The predicted molar refractivity (Wildman–Crippen MR) is 137 cm³/mol. The highest BCUT2D eigenvalue weighted by atomic mass is 16.5. The van der Waals surface area contributed by atoms with E-state index in [4.69, 9.17) is 14.5 Å². The Balaban J connectivity index is 1.37. The molecule has 2 aromatic heterocycles. The first-order chi connectivity index (χ1) is 17.2. The van der Waals surface area contributed by atoms with Crippen LogP contribution in [-0.4, -0.2) is 40.7 Å². The number of hydrogen-bond acceptors (Lipinski definition) is 5. The van der Waals surface area contributed by atoms with Crippen molar-refractivity contribution in [3.8, 4) is 11.5 Å². The molecule has 0 saturated heterocycles. The molecule has 0 fully saturated rings. The summed E-state index contributed by atoms with van der Waals surface area (Å²) in [5.74, 6) is 2.20. The van der Waals surface area contributed by atoms with E-state index in [1.165, 1.54) is 0 Å². The van der Waals surface area contributed by atoms with Crippen LogP contribution in [0.4, 0.5) is 0 Å². The van der Waals surface area contributed by atoms with Crippen LogP contribution in [0.5, 0.6) is 11.5 Å². The number of rotatable bonds is 12. The third kappa shape index (κ3) is 6.06. The molecule has 1 N–H and O–H groups in total. The van der Waals surface area contributed by atoms with Crippen molar-refractivity contribution in [1.29, 1.82) is 0 Å². The summed E-state index contributed by atoms with van der Waals surface area (Å²) in [7, 11) is 1.65. The van der Waals surface area contributed by atoms with Crippen molar-refractivity contribution in [2.24, 2.45) is 0 Å². The molecule has 7 nitrogen and oxygen atoms in total. The van der Waals surface area contributed by atoms with E-state index < -0.39 is 0 Å². The lowest BCUT2D eigenvalue weighted by molar-refractivity contribution is 0.0949. The third-order valence-corrected chi connectivity index (χ3v) is 5.66. The molecule has 0 radical (unpaired) electrons. The van der Waals surface area contributed by atoms with Crippen molar-refractivity contribution in [2.45, 2.75) is 25.8 Å². The van der Waals surface area contributed by atoms with Crippen LogP contribution in [-0.2, 0) is 19.4 Å². The summed E-state index contributed by atoms with van der Waals surface area (Å²) >= 11 is 0. The summed E-state index contributed by atoms with van der Waals surface area (Å²) in [6, 6.07) is 19.3. The number of aromatic nitrogens is 3. The highest BCUT2D eigenvalue weighted by Crippen LogP contribution is 2.28. The van der Waals surface area contributed by atoms with Gasteiger partial charge in [-0.2, -0.15) is 0 Å². The van der Waals surface area contributed by atoms with Crippen LogP contribution < -0.4 is 14.8 Å². The molecule has 4 rings (SSSR count). The van der Waals surface area contributed by atoms with E-state index in [1.54, 1.807) is 31.5 Å². The van der Waals surface area contributed by atoms with E-state index in [2.05, 4.69) is 27.5 Å². The van der Waals surface area contributed by atoms with Crippen molar-refractivity contribution in [3.63, 3.8) is 0 Å². The molecule has 0 unspecified atom stereocenters. The minimum Gasteiger partial charge on any atom is -0.493 e. The van der Waals surface area contributed by atoms with E-state index >= 15 is 0 Å². The molecule has 180 valence electrons. The van der Waals surface area contributed by atoms with Crippen molar-refractivity contribution in [3.05, 3.63) is 96.6 Å². The zero-order valence-electron chi connectivity index (χ0n) is 19.9. The Kier molecular flexibility index (Phi) is 8.12. The van der Waals surface area contributed by atoms with Gasteiger partial charge in [0.15, 0.2) is 11.5 Å². The van der Waals surface area contributed by atoms with Gasteiger partial charge < -0.3 is 19.4 Å². The molecule has 35 heavy (non-hydrogen) atoms. The lowest BCUT2D eigenvalue weighted by Gasteiger charge is -2.13. The van der Waals surface area contributed by atoms with E-state index in [0.29, 0.717) is 25.3 Å². The number of allylic oxidation sites excluding steroid dienone is 1.